The number of imidazole rings is 1. The fourth-order valence-electron chi connectivity index (χ4n) is 1.72. The van der Waals surface area contributed by atoms with Crippen LogP contribution >= 0.6 is 15.9 Å². The van der Waals surface area contributed by atoms with Crippen LogP contribution in [-0.4, -0.2) is 25.1 Å². The number of fused-ring (bicyclic) bond motifs is 1. The van der Waals surface area contributed by atoms with Gasteiger partial charge in [0.05, 0.1) is 10.6 Å². The molecule has 1 aromatic carbocycles. The van der Waals surface area contributed by atoms with Gasteiger partial charge in [-0.05, 0) is 24.0 Å². The van der Waals surface area contributed by atoms with Crippen LogP contribution in [0.4, 0.5) is 5.69 Å². The van der Waals surface area contributed by atoms with Gasteiger partial charge in [-0.25, -0.2) is 9.97 Å². The second-order valence-corrected chi connectivity index (χ2v) is 3.76. The first-order chi connectivity index (χ1) is 9.74. The Hall–Kier alpha value is -2.28. The molecule has 0 saturated heterocycles. The third-order valence-electron chi connectivity index (χ3n) is 2.61. The molecule has 0 aliphatic heterocycles. The Morgan fingerprint density at radius 1 is 1.25 bits per heavy atom. The number of alkyl halides is 1. The number of benzene rings is 1. The highest BCUT2D eigenvalue weighted by atomic mass is 79.9. The Bertz CT molecular complexity index is 692. The first-order valence-corrected chi connectivity index (χ1v) is 7.25. The summed E-state index contributed by atoms with van der Waals surface area (Å²) in [5.41, 5.74) is 1.63. The number of rotatable bonds is 2. The van der Waals surface area contributed by atoms with Crippen LogP contribution in [0.2, 0.25) is 0 Å². The first kappa shape index (κ1) is 14.1. The Balaban J connectivity index is 0.000000704. The van der Waals surface area contributed by atoms with Gasteiger partial charge in [-0.15, -0.1) is 0 Å². The van der Waals surface area contributed by atoms with E-state index in [1.165, 1.54) is 12.1 Å². The molecule has 3 rings (SSSR count). The minimum Gasteiger partial charge on any atom is -0.291 e. The molecule has 0 aliphatic carbocycles. The van der Waals surface area contributed by atoms with Gasteiger partial charge in [0.1, 0.15) is 0 Å². The SMILES string of the molecule is CBr.O=[N+]([O-])c1ccc(-c2cn3cccnc3n2)cc1. The van der Waals surface area contributed by atoms with Gasteiger partial charge in [-0.2, -0.15) is 0 Å². The van der Waals surface area contributed by atoms with Gasteiger partial charge in [0, 0.05) is 36.3 Å². The Labute approximate surface area is 123 Å². The third-order valence-corrected chi connectivity index (χ3v) is 2.61. The van der Waals surface area contributed by atoms with E-state index in [4.69, 9.17) is 0 Å². The van der Waals surface area contributed by atoms with E-state index in [-0.39, 0.29) is 5.69 Å². The van der Waals surface area contributed by atoms with E-state index in [2.05, 4.69) is 25.9 Å². The van der Waals surface area contributed by atoms with E-state index in [0.717, 1.165) is 11.3 Å². The number of nitro benzene ring substituents is 1. The standard InChI is InChI=1S/C12H8N4O2.CH3Br/c17-16(18)10-4-2-9(3-5-10)11-8-15-7-1-6-13-12(15)14-11;1-2/h1-8H;1H3. The lowest BCUT2D eigenvalue weighted by molar-refractivity contribution is -0.384. The molecule has 0 N–H and O–H groups in total. The third kappa shape index (κ3) is 2.83. The van der Waals surface area contributed by atoms with Gasteiger partial charge < -0.3 is 0 Å². The Morgan fingerprint density at radius 3 is 2.55 bits per heavy atom. The number of non-ortho nitro benzene ring substituents is 1. The molecular formula is C13H11BrN4O2. The average Bonchev–Trinajstić information content (AvgIpc) is 2.93. The molecule has 0 radical (unpaired) electrons. The molecule has 0 fully saturated rings. The second kappa shape index (κ2) is 6.25. The molecule has 0 spiro atoms. The fourth-order valence-corrected chi connectivity index (χ4v) is 1.72. The normalized spacial score (nSPS) is 9.90. The maximum absolute atomic E-state index is 10.6. The van der Waals surface area contributed by atoms with E-state index >= 15 is 0 Å². The number of hydrogen-bond donors (Lipinski definition) is 0. The van der Waals surface area contributed by atoms with Crippen molar-refractivity contribution in [2.45, 2.75) is 0 Å². The van der Waals surface area contributed by atoms with Crippen molar-refractivity contribution in [2.75, 3.05) is 5.83 Å². The summed E-state index contributed by atoms with van der Waals surface area (Å²) in [5.74, 6) is 2.42. The van der Waals surface area contributed by atoms with Crippen LogP contribution in [0.25, 0.3) is 17.0 Å². The van der Waals surface area contributed by atoms with Crippen molar-refractivity contribution in [2.24, 2.45) is 0 Å². The molecular weight excluding hydrogens is 324 g/mol. The Kier molecular flexibility index (Phi) is 4.41. The van der Waals surface area contributed by atoms with E-state index in [0.29, 0.717) is 5.78 Å². The van der Waals surface area contributed by atoms with Gasteiger partial charge in [0.2, 0.25) is 5.78 Å². The van der Waals surface area contributed by atoms with Crippen LogP contribution in [0.5, 0.6) is 0 Å². The van der Waals surface area contributed by atoms with Crippen LogP contribution in [0, 0.1) is 10.1 Å². The molecule has 0 unspecified atom stereocenters. The lowest BCUT2D eigenvalue weighted by Crippen LogP contribution is -1.87. The summed E-state index contributed by atoms with van der Waals surface area (Å²) in [7, 11) is 0. The molecule has 7 heteroatoms. The van der Waals surface area contributed by atoms with Gasteiger partial charge in [-0.1, -0.05) is 15.9 Å². The molecule has 0 amide bonds. The van der Waals surface area contributed by atoms with Crippen molar-refractivity contribution in [1.29, 1.82) is 0 Å². The first-order valence-electron chi connectivity index (χ1n) is 5.66. The molecule has 102 valence electrons. The topological polar surface area (TPSA) is 73.3 Å². The van der Waals surface area contributed by atoms with E-state index < -0.39 is 4.92 Å². The van der Waals surface area contributed by atoms with Gasteiger partial charge in [0.15, 0.2) is 0 Å². The number of aromatic nitrogens is 3. The van der Waals surface area contributed by atoms with E-state index in [1.54, 1.807) is 22.7 Å². The summed E-state index contributed by atoms with van der Waals surface area (Å²) in [4.78, 5) is 18.6. The highest BCUT2D eigenvalue weighted by Gasteiger charge is 2.08. The zero-order chi connectivity index (χ0) is 14.5. The van der Waals surface area contributed by atoms with Crippen molar-refractivity contribution in [3.05, 3.63) is 59.0 Å². The molecule has 20 heavy (non-hydrogen) atoms. The number of nitro groups is 1. The maximum atomic E-state index is 10.6. The number of halogens is 1. The van der Waals surface area contributed by atoms with Crippen LogP contribution < -0.4 is 0 Å². The smallest absolute Gasteiger partial charge is 0.269 e. The summed E-state index contributed by atoms with van der Waals surface area (Å²) in [6.45, 7) is 0. The summed E-state index contributed by atoms with van der Waals surface area (Å²) < 4.78 is 1.80. The summed E-state index contributed by atoms with van der Waals surface area (Å²) in [6, 6.07) is 8.10. The number of hydrogen-bond acceptors (Lipinski definition) is 4. The zero-order valence-electron chi connectivity index (χ0n) is 10.6. The van der Waals surface area contributed by atoms with Crippen molar-refractivity contribution in [3.8, 4) is 11.3 Å². The molecule has 0 saturated carbocycles. The van der Waals surface area contributed by atoms with Crippen LogP contribution in [-0.2, 0) is 0 Å². The fraction of sp³-hybridized carbons (Fsp3) is 0.0769. The molecule has 2 aromatic heterocycles. The van der Waals surface area contributed by atoms with Gasteiger partial charge in [-0.3, -0.25) is 14.5 Å². The lowest BCUT2D eigenvalue weighted by Gasteiger charge is -1.95. The lowest BCUT2D eigenvalue weighted by atomic mass is 10.1. The Morgan fingerprint density at radius 2 is 1.95 bits per heavy atom. The average molecular weight is 335 g/mol. The molecule has 3 aromatic rings. The van der Waals surface area contributed by atoms with Crippen LogP contribution in [0.1, 0.15) is 0 Å². The quantitative estimate of drug-likeness (QED) is 0.409. The van der Waals surface area contributed by atoms with Crippen molar-refractivity contribution < 1.29 is 4.92 Å². The zero-order valence-corrected chi connectivity index (χ0v) is 12.2. The number of nitrogens with zero attached hydrogens (tertiary/aromatic N) is 4. The molecule has 0 aliphatic rings. The molecule has 2 heterocycles. The minimum absolute atomic E-state index is 0.0700. The van der Waals surface area contributed by atoms with Gasteiger partial charge >= 0.3 is 0 Å². The predicted molar refractivity (Wildman–Crippen MR) is 79.9 cm³/mol. The van der Waals surface area contributed by atoms with Crippen molar-refractivity contribution in [1.82, 2.24) is 14.4 Å². The molecule has 0 atom stereocenters. The molecule has 6 nitrogen and oxygen atoms in total. The van der Waals surface area contributed by atoms with Gasteiger partial charge in [0.25, 0.3) is 5.69 Å². The second-order valence-electron chi connectivity index (χ2n) is 3.76. The minimum atomic E-state index is -0.422. The van der Waals surface area contributed by atoms with Crippen molar-refractivity contribution in [3.63, 3.8) is 0 Å². The maximum Gasteiger partial charge on any atom is 0.269 e. The van der Waals surface area contributed by atoms with Crippen molar-refractivity contribution >= 4 is 27.4 Å². The highest BCUT2D eigenvalue weighted by molar-refractivity contribution is 9.08. The van der Waals surface area contributed by atoms with Crippen LogP contribution in [0.15, 0.2) is 48.9 Å². The summed E-state index contributed by atoms with van der Waals surface area (Å²) >= 11 is 2.94. The predicted octanol–water partition coefficient (Wildman–Crippen LogP) is 3.32. The van der Waals surface area contributed by atoms with Crippen LogP contribution in [0.3, 0.4) is 0 Å². The van der Waals surface area contributed by atoms with E-state index in [1.807, 2.05) is 24.3 Å². The molecule has 0 bridgehead atoms. The summed E-state index contributed by atoms with van der Waals surface area (Å²) in [6.07, 6.45) is 5.36. The van der Waals surface area contributed by atoms with E-state index in [9.17, 15) is 10.1 Å². The highest BCUT2D eigenvalue weighted by Crippen LogP contribution is 2.21. The monoisotopic (exact) mass is 334 g/mol. The summed E-state index contributed by atoms with van der Waals surface area (Å²) in [5, 5.41) is 10.6. The largest absolute Gasteiger partial charge is 0.291 e.